The Kier molecular flexibility index (Phi) is 6.80. The van der Waals surface area contributed by atoms with E-state index in [1.54, 1.807) is 48.5 Å². The van der Waals surface area contributed by atoms with Crippen LogP contribution >= 0.6 is 22.9 Å². The summed E-state index contributed by atoms with van der Waals surface area (Å²) in [4.78, 5) is 12.3. The molecule has 0 aliphatic carbocycles. The van der Waals surface area contributed by atoms with Crippen LogP contribution in [0.3, 0.4) is 0 Å². The second-order valence-corrected chi connectivity index (χ2v) is 9.04. The molecule has 2 N–H and O–H groups in total. The van der Waals surface area contributed by atoms with E-state index in [1.807, 2.05) is 6.92 Å². The summed E-state index contributed by atoms with van der Waals surface area (Å²) in [5.41, 5.74) is 0.984. The zero-order chi connectivity index (χ0) is 20.9. The lowest BCUT2D eigenvalue weighted by Crippen LogP contribution is -2.23. The number of nitrogens with zero attached hydrogens (tertiary/aromatic N) is 2. The molecule has 0 radical (unpaired) electrons. The van der Waals surface area contributed by atoms with E-state index >= 15 is 0 Å². The quantitative estimate of drug-likeness (QED) is 0.507. The summed E-state index contributed by atoms with van der Waals surface area (Å²) in [6.07, 6.45) is 0. The van der Waals surface area contributed by atoms with E-state index in [4.69, 9.17) is 16.3 Å². The summed E-state index contributed by atoms with van der Waals surface area (Å²) in [6.45, 7) is 2.44. The Morgan fingerprint density at radius 3 is 2.72 bits per heavy atom. The standard InChI is InChI=1S/C18H17ClN4O4S2/c1-2-27-13-7-5-6-12(10-13)11-20-29(25,26)18-23-22-17(28-18)21-16(24)14-8-3-4-9-15(14)19/h3-10,20H,2,11H2,1H3,(H,21,22,24). The van der Waals surface area contributed by atoms with Gasteiger partial charge in [0.05, 0.1) is 17.2 Å². The molecule has 0 saturated heterocycles. The van der Waals surface area contributed by atoms with Gasteiger partial charge in [0.1, 0.15) is 5.75 Å². The number of carbonyl (C=O) groups excluding carboxylic acids is 1. The van der Waals surface area contributed by atoms with Gasteiger partial charge < -0.3 is 4.74 Å². The Morgan fingerprint density at radius 1 is 1.17 bits per heavy atom. The molecule has 0 aliphatic rings. The molecule has 0 atom stereocenters. The van der Waals surface area contributed by atoms with Crippen LogP contribution in [0, 0.1) is 0 Å². The summed E-state index contributed by atoms with van der Waals surface area (Å²) in [5, 5.41) is 10.2. The van der Waals surface area contributed by atoms with Crippen molar-refractivity contribution >= 4 is 44.0 Å². The lowest BCUT2D eigenvalue weighted by atomic mass is 10.2. The fourth-order valence-electron chi connectivity index (χ4n) is 2.33. The average molecular weight is 453 g/mol. The second kappa shape index (κ2) is 9.31. The number of rotatable bonds is 8. The van der Waals surface area contributed by atoms with Crippen LogP contribution in [0.15, 0.2) is 52.9 Å². The molecule has 0 unspecified atom stereocenters. The molecule has 29 heavy (non-hydrogen) atoms. The molecule has 0 saturated carbocycles. The summed E-state index contributed by atoms with van der Waals surface area (Å²) in [5.74, 6) is 0.154. The molecule has 1 heterocycles. The molecule has 3 rings (SSSR count). The normalized spacial score (nSPS) is 11.2. The zero-order valence-electron chi connectivity index (χ0n) is 15.3. The van der Waals surface area contributed by atoms with E-state index in [9.17, 15) is 13.2 Å². The minimum Gasteiger partial charge on any atom is -0.494 e. The molecule has 2 aromatic carbocycles. The minimum absolute atomic E-state index is 0.0497. The number of ether oxygens (including phenoxy) is 1. The van der Waals surface area contributed by atoms with Crippen molar-refractivity contribution in [3.8, 4) is 5.75 Å². The highest BCUT2D eigenvalue weighted by Gasteiger charge is 2.21. The molecule has 8 nitrogen and oxygen atoms in total. The van der Waals surface area contributed by atoms with Crippen LogP contribution in [0.2, 0.25) is 5.02 Å². The zero-order valence-corrected chi connectivity index (χ0v) is 17.6. The number of benzene rings is 2. The number of hydrogen-bond acceptors (Lipinski definition) is 7. The van der Waals surface area contributed by atoms with Crippen LogP contribution in [-0.4, -0.2) is 31.1 Å². The van der Waals surface area contributed by atoms with Gasteiger partial charge in [-0.1, -0.05) is 47.2 Å². The van der Waals surface area contributed by atoms with Gasteiger partial charge in [-0.25, -0.2) is 13.1 Å². The number of halogens is 1. The van der Waals surface area contributed by atoms with Crippen LogP contribution in [0.5, 0.6) is 5.75 Å². The fraction of sp³-hybridized carbons (Fsp3) is 0.167. The van der Waals surface area contributed by atoms with Crippen molar-refractivity contribution in [2.24, 2.45) is 0 Å². The monoisotopic (exact) mass is 452 g/mol. The third-order valence-electron chi connectivity index (χ3n) is 3.65. The molecular formula is C18H17ClN4O4S2. The first kappa shape index (κ1) is 21.2. The van der Waals surface area contributed by atoms with Crippen molar-refractivity contribution in [3.05, 3.63) is 64.7 Å². The second-order valence-electron chi connectivity index (χ2n) is 5.71. The van der Waals surface area contributed by atoms with Gasteiger partial charge in [-0.3, -0.25) is 10.1 Å². The van der Waals surface area contributed by atoms with E-state index in [1.165, 1.54) is 0 Å². The summed E-state index contributed by atoms with van der Waals surface area (Å²) in [7, 11) is -3.89. The Bertz CT molecular complexity index is 1120. The number of carbonyl (C=O) groups is 1. The Hall–Kier alpha value is -2.53. The van der Waals surface area contributed by atoms with E-state index in [-0.39, 0.29) is 26.6 Å². The number of anilines is 1. The first-order valence-electron chi connectivity index (χ1n) is 8.50. The predicted octanol–water partition coefficient (Wildman–Crippen LogP) is 3.32. The van der Waals surface area contributed by atoms with Gasteiger partial charge in [0.15, 0.2) is 0 Å². The maximum Gasteiger partial charge on any atom is 0.270 e. The molecule has 0 spiro atoms. The number of hydrogen-bond donors (Lipinski definition) is 2. The number of amides is 1. The van der Waals surface area contributed by atoms with Crippen molar-refractivity contribution in [2.45, 2.75) is 17.8 Å². The average Bonchev–Trinajstić information content (AvgIpc) is 3.17. The molecule has 0 aliphatic heterocycles. The van der Waals surface area contributed by atoms with E-state index < -0.39 is 15.9 Å². The number of aromatic nitrogens is 2. The largest absolute Gasteiger partial charge is 0.494 e. The van der Waals surface area contributed by atoms with E-state index in [2.05, 4.69) is 20.2 Å². The minimum atomic E-state index is -3.89. The third kappa shape index (κ3) is 5.51. The highest BCUT2D eigenvalue weighted by Crippen LogP contribution is 2.22. The Balaban J connectivity index is 1.66. The molecular weight excluding hydrogens is 436 g/mol. The van der Waals surface area contributed by atoms with Crippen LogP contribution in [-0.2, 0) is 16.6 Å². The van der Waals surface area contributed by atoms with Gasteiger partial charge in [-0.15, -0.1) is 10.2 Å². The molecule has 1 aromatic heterocycles. The van der Waals surface area contributed by atoms with Crippen LogP contribution in [0.4, 0.5) is 5.13 Å². The molecule has 152 valence electrons. The maximum absolute atomic E-state index is 12.5. The van der Waals surface area contributed by atoms with Gasteiger partial charge in [0, 0.05) is 6.54 Å². The molecule has 1 amide bonds. The van der Waals surface area contributed by atoms with Crippen molar-refractivity contribution in [3.63, 3.8) is 0 Å². The smallest absolute Gasteiger partial charge is 0.270 e. The third-order valence-corrected chi connectivity index (χ3v) is 6.59. The van der Waals surface area contributed by atoms with Crippen molar-refractivity contribution < 1.29 is 17.9 Å². The van der Waals surface area contributed by atoms with Gasteiger partial charge in [-0.05, 0) is 36.8 Å². The number of sulfonamides is 1. The van der Waals surface area contributed by atoms with E-state index in [0.717, 1.165) is 16.9 Å². The molecule has 0 fully saturated rings. The topological polar surface area (TPSA) is 110 Å². The predicted molar refractivity (Wildman–Crippen MR) is 111 cm³/mol. The van der Waals surface area contributed by atoms with Crippen LogP contribution in [0.25, 0.3) is 0 Å². The maximum atomic E-state index is 12.5. The van der Waals surface area contributed by atoms with Crippen molar-refractivity contribution in [2.75, 3.05) is 11.9 Å². The summed E-state index contributed by atoms with van der Waals surface area (Å²) < 4.78 is 32.5. The Labute approximate surface area is 176 Å². The van der Waals surface area contributed by atoms with Gasteiger partial charge in [0.2, 0.25) is 9.47 Å². The molecule has 11 heteroatoms. The van der Waals surface area contributed by atoms with Gasteiger partial charge >= 0.3 is 0 Å². The fourth-order valence-corrected chi connectivity index (χ4v) is 4.51. The molecule has 0 bridgehead atoms. The Morgan fingerprint density at radius 2 is 1.97 bits per heavy atom. The van der Waals surface area contributed by atoms with E-state index in [0.29, 0.717) is 12.4 Å². The highest BCUT2D eigenvalue weighted by atomic mass is 35.5. The van der Waals surface area contributed by atoms with Crippen LogP contribution in [0.1, 0.15) is 22.8 Å². The summed E-state index contributed by atoms with van der Waals surface area (Å²) >= 11 is 6.73. The number of nitrogens with one attached hydrogen (secondary N) is 2. The lowest BCUT2D eigenvalue weighted by molar-refractivity contribution is 0.102. The first-order chi connectivity index (χ1) is 13.9. The highest BCUT2D eigenvalue weighted by molar-refractivity contribution is 7.91. The SMILES string of the molecule is CCOc1cccc(CNS(=O)(=O)c2nnc(NC(=O)c3ccccc3Cl)s2)c1. The summed E-state index contributed by atoms with van der Waals surface area (Å²) in [6, 6.07) is 13.6. The lowest BCUT2D eigenvalue weighted by Gasteiger charge is -2.07. The van der Waals surface area contributed by atoms with Crippen LogP contribution < -0.4 is 14.8 Å². The first-order valence-corrected chi connectivity index (χ1v) is 11.2. The van der Waals surface area contributed by atoms with Crippen molar-refractivity contribution in [1.29, 1.82) is 0 Å². The van der Waals surface area contributed by atoms with Gasteiger partial charge in [-0.2, -0.15) is 0 Å². The molecule has 3 aromatic rings. The van der Waals surface area contributed by atoms with Crippen molar-refractivity contribution in [1.82, 2.24) is 14.9 Å². The van der Waals surface area contributed by atoms with Gasteiger partial charge in [0.25, 0.3) is 15.9 Å².